The average molecular weight is 383 g/mol. The molecule has 98 valence electrons. The monoisotopic (exact) mass is 383 g/mol. The Morgan fingerprint density at radius 1 is 1.56 bits per heavy atom. The van der Waals surface area contributed by atoms with Crippen molar-refractivity contribution < 1.29 is 13.3 Å². The number of nitro benzene ring substituents is 1. The number of nitrogens with one attached hydrogen (secondary N) is 1. The molecule has 1 aliphatic heterocycles. The standard InChI is InChI=1S/C9H10IN3O4S/c10-4-6-1-5-2-7(18(11,16)17)3-8(13(14)15)9(5)12-6/h2-3,6,12H,1,4H2,(H2,11,16,17)/t6-/m0/s1. The van der Waals surface area contributed by atoms with Gasteiger partial charge in [0, 0.05) is 16.5 Å². The summed E-state index contributed by atoms with van der Waals surface area (Å²) in [6.07, 6.45) is 0.558. The first-order valence-corrected chi connectivity index (χ1v) is 8.06. The molecular formula is C9H10IN3O4S. The fourth-order valence-electron chi connectivity index (χ4n) is 1.91. The third-order valence-corrected chi connectivity index (χ3v) is 4.65. The minimum atomic E-state index is -3.94. The smallest absolute Gasteiger partial charge is 0.293 e. The average Bonchev–Trinajstić information content (AvgIpc) is 2.68. The number of benzene rings is 1. The van der Waals surface area contributed by atoms with Crippen LogP contribution in [-0.2, 0) is 16.4 Å². The van der Waals surface area contributed by atoms with E-state index in [9.17, 15) is 18.5 Å². The predicted molar refractivity (Wildman–Crippen MR) is 74.5 cm³/mol. The third kappa shape index (κ3) is 2.42. The van der Waals surface area contributed by atoms with E-state index in [2.05, 4.69) is 27.9 Å². The second-order valence-electron chi connectivity index (χ2n) is 3.98. The topological polar surface area (TPSA) is 115 Å². The first-order chi connectivity index (χ1) is 8.32. The molecule has 1 heterocycles. The maximum Gasteiger partial charge on any atom is 0.293 e. The Morgan fingerprint density at radius 3 is 2.72 bits per heavy atom. The van der Waals surface area contributed by atoms with E-state index in [1.807, 2.05) is 0 Å². The molecule has 0 saturated heterocycles. The highest BCUT2D eigenvalue weighted by atomic mass is 127. The molecule has 0 fully saturated rings. The highest BCUT2D eigenvalue weighted by Crippen LogP contribution is 2.37. The van der Waals surface area contributed by atoms with Crippen LogP contribution in [0.15, 0.2) is 17.0 Å². The largest absolute Gasteiger partial charge is 0.375 e. The zero-order valence-corrected chi connectivity index (χ0v) is 12.1. The van der Waals surface area contributed by atoms with Gasteiger partial charge in [0.25, 0.3) is 5.69 Å². The van der Waals surface area contributed by atoms with Crippen molar-refractivity contribution in [1.29, 1.82) is 0 Å². The van der Waals surface area contributed by atoms with Gasteiger partial charge in [0.05, 0.1) is 9.82 Å². The van der Waals surface area contributed by atoms with Gasteiger partial charge in [0.2, 0.25) is 10.0 Å². The van der Waals surface area contributed by atoms with Gasteiger partial charge >= 0.3 is 0 Å². The Bertz CT molecular complexity index is 616. The van der Waals surface area contributed by atoms with Gasteiger partial charge in [0.1, 0.15) is 5.69 Å². The molecule has 9 heteroatoms. The van der Waals surface area contributed by atoms with Gasteiger partial charge in [-0.05, 0) is 18.1 Å². The fourth-order valence-corrected chi connectivity index (χ4v) is 3.02. The van der Waals surface area contributed by atoms with Crippen molar-refractivity contribution in [2.75, 3.05) is 9.74 Å². The van der Waals surface area contributed by atoms with Crippen LogP contribution in [-0.4, -0.2) is 23.8 Å². The van der Waals surface area contributed by atoms with Gasteiger partial charge in [0.15, 0.2) is 0 Å². The van der Waals surface area contributed by atoms with Crippen molar-refractivity contribution in [2.24, 2.45) is 5.14 Å². The quantitative estimate of drug-likeness (QED) is 0.350. The van der Waals surface area contributed by atoms with Crippen molar-refractivity contribution in [3.05, 3.63) is 27.8 Å². The van der Waals surface area contributed by atoms with Crippen LogP contribution >= 0.6 is 22.6 Å². The summed E-state index contributed by atoms with van der Waals surface area (Å²) in [5, 5.41) is 19.0. The minimum Gasteiger partial charge on any atom is -0.375 e. The lowest BCUT2D eigenvalue weighted by Gasteiger charge is -2.06. The van der Waals surface area contributed by atoms with Crippen LogP contribution < -0.4 is 10.5 Å². The maximum atomic E-state index is 11.3. The number of nitrogens with zero attached hydrogens (tertiary/aromatic N) is 1. The van der Waals surface area contributed by atoms with Crippen LogP contribution in [0.25, 0.3) is 0 Å². The van der Waals surface area contributed by atoms with Crippen LogP contribution in [0, 0.1) is 10.1 Å². The Labute approximate surface area is 117 Å². The van der Waals surface area contributed by atoms with Gasteiger partial charge in [-0.3, -0.25) is 10.1 Å². The number of alkyl halides is 1. The number of primary sulfonamides is 1. The van der Waals surface area contributed by atoms with Gasteiger partial charge in [-0.25, -0.2) is 13.6 Å². The van der Waals surface area contributed by atoms with Crippen LogP contribution in [0.4, 0.5) is 11.4 Å². The summed E-state index contributed by atoms with van der Waals surface area (Å²) in [5.41, 5.74) is 0.771. The van der Waals surface area contributed by atoms with Crippen LogP contribution in [0.2, 0.25) is 0 Å². The fraction of sp³-hybridized carbons (Fsp3) is 0.333. The van der Waals surface area contributed by atoms with E-state index >= 15 is 0 Å². The highest BCUT2D eigenvalue weighted by Gasteiger charge is 2.30. The van der Waals surface area contributed by atoms with Crippen LogP contribution in [0.5, 0.6) is 0 Å². The van der Waals surface area contributed by atoms with E-state index in [0.717, 1.165) is 10.5 Å². The van der Waals surface area contributed by atoms with Crippen LogP contribution in [0.3, 0.4) is 0 Å². The normalized spacial score (nSPS) is 18.2. The summed E-state index contributed by atoms with van der Waals surface area (Å²) in [7, 11) is -3.94. The highest BCUT2D eigenvalue weighted by molar-refractivity contribution is 14.1. The Hall–Kier alpha value is -0.940. The number of fused-ring (bicyclic) bond motifs is 1. The zero-order valence-electron chi connectivity index (χ0n) is 9.09. The Morgan fingerprint density at radius 2 is 2.22 bits per heavy atom. The van der Waals surface area contributed by atoms with Crippen LogP contribution in [0.1, 0.15) is 5.56 Å². The maximum absolute atomic E-state index is 11.3. The molecule has 1 aromatic rings. The number of nitro groups is 1. The molecule has 0 unspecified atom stereocenters. The third-order valence-electron chi connectivity index (χ3n) is 2.70. The first kappa shape index (κ1) is 13.5. The van der Waals surface area contributed by atoms with Crippen molar-refractivity contribution in [3.63, 3.8) is 0 Å². The van der Waals surface area contributed by atoms with Gasteiger partial charge in [-0.15, -0.1) is 0 Å². The molecule has 3 N–H and O–H groups in total. The number of hydrogen-bond acceptors (Lipinski definition) is 5. The second kappa shape index (κ2) is 4.63. The summed E-state index contributed by atoms with van der Waals surface area (Å²) in [4.78, 5) is 10.1. The number of nitrogens with two attached hydrogens (primary N) is 1. The summed E-state index contributed by atoms with van der Waals surface area (Å²) >= 11 is 2.17. The Kier molecular flexibility index (Phi) is 3.47. The summed E-state index contributed by atoms with van der Waals surface area (Å²) in [5.74, 6) is 0. The number of hydrogen-bond donors (Lipinski definition) is 2. The van der Waals surface area contributed by atoms with Crippen molar-refractivity contribution in [2.45, 2.75) is 17.4 Å². The molecule has 1 aromatic carbocycles. The lowest BCUT2D eigenvalue weighted by Crippen LogP contribution is -2.16. The molecule has 0 amide bonds. The molecule has 7 nitrogen and oxygen atoms in total. The minimum absolute atomic E-state index is 0.0787. The summed E-state index contributed by atoms with van der Waals surface area (Å²) in [6.45, 7) is 0. The predicted octanol–water partition coefficient (Wildman–Crippen LogP) is 1.01. The number of rotatable bonds is 3. The molecule has 2 rings (SSSR count). The molecule has 0 aliphatic carbocycles. The molecule has 0 saturated carbocycles. The van der Waals surface area contributed by atoms with E-state index in [1.165, 1.54) is 6.07 Å². The van der Waals surface area contributed by atoms with Gasteiger partial charge in [-0.1, -0.05) is 22.6 Å². The van der Waals surface area contributed by atoms with Gasteiger partial charge < -0.3 is 5.32 Å². The van der Waals surface area contributed by atoms with Crippen molar-refractivity contribution in [3.8, 4) is 0 Å². The molecule has 1 aliphatic rings. The Balaban J connectivity index is 2.61. The molecular weight excluding hydrogens is 373 g/mol. The zero-order chi connectivity index (χ0) is 13.5. The van der Waals surface area contributed by atoms with E-state index in [0.29, 0.717) is 17.7 Å². The van der Waals surface area contributed by atoms with E-state index in [-0.39, 0.29) is 16.6 Å². The van der Waals surface area contributed by atoms with E-state index < -0.39 is 14.9 Å². The van der Waals surface area contributed by atoms with Crippen molar-refractivity contribution in [1.82, 2.24) is 0 Å². The molecule has 0 spiro atoms. The van der Waals surface area contributed by atoms with E-state index in [4.69, 9.17) is 5.14 Å². The molecule has 0 aromatic heterocycles. The summed E-state index contributed by atoms with van der Waals surface area (Å²) < 4.78 is 23.4. The number of anilines is 1. The summed E-state index contributed by atoms with van der Waals surface area (Å²) in [6, 6.07) is 2.48. The lowest BCUT2D eigenvalue weighted by atomic mass is 10.1. The second-order valence-corrected chi connectivity index (χ2v) is 6.42. The first-order valence-electron chi connectivity index (χ1n) is 4.99. The molecule has 0 bridgehead atoms. The SMILES string of the molecule is NS(=O)(=O)c1cc2c(c([N+](=O)[O-])c1)N[C@H](CI)C2. The number of sulfonamides is 1. The van der Waals surface area contributed by atoms with Gasteiger partial charge in [-0.2, -0.15) is 0 Å². The van der Waals surface area contributed by atoms with Crippen molar-refractivity contribution >= 4 is 44.0 Å². The molecule has 0 radical (unpaired) electrons. The molecule has 18 heavy (non-hydrogen) atoms. The van der Waals surface area contributed by atoms with E-state index in [1.54, 1.807) is 0 Å². The lowest BCUT2D eigenvalue weighted by molar-refractivity contribution is -0.384. The number of halogens is 1. The molecule has 1 atom stereocenters.